The average Bonchev–Trinajstić information content (AvgIpc) is 3.25. The fourth-order valence-corrected chi connectivity index (χ4v) is 5.43. The molecule has 1 saturated carbocycles. The second-order valence-electron chi connectivity index (χ2n) is 8.50. The van der Waals surface area contributed by atoms with Crippen molar-refractivity contribution >= 4 is 62.6 Å². The van der Waals surface area contributed by atoms with Crippen molar-refractivity contribution in [3.8, 4) is 0 Å². The number of pyridine rings is 1. The highest BCUT2D eigenvalue weighted by Gasteiger charge is 2.29. The molecule has 1 aliphatic heterocycles. The number of aryl methyl sites for hydroxylation is 1. The largest absolute Gasteiger partial charge is 0.349 e. The summed E-state index contributed by atoms with van der Waals surface area (Å²) in [6, 6.07) is 7.22. The van der Waals surface area contributed by atoms with Gasteiger partial charge in [0.1, 0.15) is 5.70 Å². The summed E-state index contributed by atoms with van der Waals surface area (Å²) in [5, 5.41) is 9.96. The molecule has 2 heterocycles. The third-order valence-electron chi connectivity index (χ3n) is 5.93. The highest BCUT2D eigenvalue weighted by molar-refractivity contribution is 9.10. The first-order valence-electron chi connectivity index (χ1n) is 11.4. The van der Waals surface area contributed by atoms with Gasteiger partial charge in [0.25, 0.3) is 11.8 Å². The number of amides is 2. The van der Waals surface area contributed by atoms with Crippen molar-refractivity contribution in [3.63, 3.8) is 0 Å². The van der Waals surface area contributed by atoms with Crippen molar-refractivity contribution < 1.29 is 9.59 Å². The van der Waals surface area contributed by atoms with Crippen LogP contribution >= 0.6 is 39.3 Å². The SMILES string of the molecule is CSC=C1C=C(C(=O)Nc2c(C)cc(Br)cc2C(=O)NC2CCCCC2)N(c2ncccc2Cl)N1. The van der Waals surface area contributed by atoms with E-state index in [1.54, 1.807) is 35.5 Å². The minimum absolute atomic E-state index is 0.154. The zero-order valence-electron chi connectivity index (χ0n) is 19.5. The lowest BCUT2D eigenvalue weighted by molar-refractivity contribution is -0.112. The lowest BCUT2D eigenvalue weighted by Crippen LogP contribution is -2.38. The Kier molecular flexibility index (Phi) is 8.41. The van der Waals surface area contributed by atoms with Gasteiger partial charge in [0.15, 0.2) is 5.82 Å². The van der Waals surface area contributed by atoms with Gasteiger partial charge in [0.2, 0.25) is 0 Å². The van der Waals surface area contributed by atoms with Crippen LogP contribution in [0.15, 0.2) is 57.8 Å². The van der Waals surface area contributed by atoms with Crippen molar-refractivity contribution in [2.75, 3.05) is 16.6 Å². The number of thioether (sulfide) groups is 1. The molecule has 184 valence electrons. The first-order valence-corrected chi connectivity index (χ1v) is 13.9. The summed E-state index contributed by atoms with van der Waals surface area (Å²) in [5.74, 6) is -0.175. The van der Waals surface area contributed by atoms with Gasteiger partial charge in [-0.1, -0.05) is 46.8 Å². The summed E-state index contributed by atoms with van der Waals surface area (Å²) in [5.41, 5.74) is 5.88. The molecule has 0 unspecified atom stereocenters. The fraction of sp³-hybridized carbons (Fsp3) is 0.320. The number of nitrogens with one attached hydrogen (secondary N) is 3. The Bertz CT molecular complexity index is 1200. The molecule has 0 bridgehead atoms. The summed E-state index contributed by atoms with van der Waals surface area (Å²) in [6.45, 7) is 1.87. The smallest absolute Gasteiger partial charge is 0.274 e. The number of hydrogen-bond acceptors (Lipinski definition) is 6. The third kappa shape index (κ3) is 6.02. The summed E-state index contributed by atoms with van der Waals surface area (Å²) in [6.07, 6.45) is 10.7. The predicted octanol–water partition coefficient (Wildman–Crippen LogP) is 5.92. The van der Waals surface area contributed by atoms with E-state index >= 15 is 0 Å². The first kappa shape index (κ1) is 25.6. The number of allylic oxidation sites excluding steroid dienone is 1. The van der Waals surface area contributed by atoms with Gasteiger partial charge in [0.05, 0.1) is 22.0 Å². The lowest BCUT2D eigenvalue weighted by atomic mass is 9.95. The Hall–Kier alpha value is -2.49. The maximum atomic E-state index is 13.6. The Morgan fingerprint density at radius 1 is 1.26 bits per heavy atom. The topological polar surface area (TPSA) is 86.4 Å². The van der Waals surface area contributed by atoms with Gasteiger partial charge in [0, 0.05) is 16.7 Å². The number of anilines is 2. The number of aromatic nitrogens is 1. The van der Waals surface area contributed by atoms with Crippen LogP contribution in [0, 0.1) is 6.92 Å². The highest BCUT2D eigenvalue weighted by Crippen LogP contribution is 2.31. The number of hydrogen-bond donors (Lipinski definition) is 3. The molecular formula is C25H27BrClN5O2S. The van der Waals surface area contributed by atoms with Crippen LogP contribution in [-0.4, -0.2) is 29.1 Å². The van der Waals surface area contributed by atoms with Gasteiger partial charge in [-0.2, -0.15) is 0 Å². The molecule has 2 aliphatic rings. The van der Waals surface area contributed by atoms with Crippen molar-refractivity contribution in [2.45, 2.75) is 45.1 Å². The van der Waals surface area contributed by atoms with Crippen LogP contribution in [-0.2, 0) is 4.79 Å². The number of halogens is 2. The molecule has 0 spiro atoms. The zero-order chi connectivity index (χ0) is 24.9. The number of carbonyl (C=O) groups is 2. The number of rotatable bonds is 6. The molecule has 35 heavy (non-hydrogen) atoms. The van der Waals surface area contributed by atoms with Crippen molar-refractivity contribution in [3.05, 3.63) is 74.0 Å². The Balaban J connectivity index is 1.64. The number of hydrazine groups is 1. The number of nitrogens with zero attached hydrogens (tertiary/aromatic N) is 2. The molecule has 1 aliphatic carbocycles. The Morgan fingerprint density at radius 3 is 2.74 bits per heavy atom. The summed E-state index contributed by atoms with van der Waals surface area (Å²) in [4.78, 5) is 31.1. The van der Waals surface area contributed by atoms with Crippen molar-refractivity contribution in [2.24, 2.45) is 0 Å². The maximum absolute atomic E-state index is 13.6. The number of carbonyl (C=O) groups excluding carboxylic acids is 2. The Morgan fingerprint density at radius 2 is 2.03 bits per heavy atom. The molecule has 10 heteroatoms. The second-order valence-corrected chi connectivity index (χ2v) is 10.5. The minimum Gasteiger partial charge on any atom is -0.349 e. The van der Waals surface area contributed by atoms with Gasteiger partial charge < -0.3 is 10.6 Å². The first-order chi connectivity index (χ1) is 16.9. The fourth-order valence-electron chi connectivity index (χ4n) is 4.27. The van der Waals surface area contributed by atoms with E-state index in [0.717, 1.165) is 41.4 Å². The van der Waals surface area contributed by atoms with Crippen LogP contribution in [0.4, 0.5) is 11.5 Å². The molecule has 0 atom stereocenters. The van der Waals surface area contributed by atoms with Crippen LogP contribution in [0.3, 0.4) is 0 Å². The van der Waals surface area contributed by atoms with Gasteiger partial charge in [-0.3, -0.25) is 15.0 Å². The molecular weight excluding hydrogens is 550 g/mol. The third-order valence-corrected chi connectivity index (χ3v) is 7.17. The van der Waals surface area contributed by atoms with Gasteiger partial charge in [-0.25, -0.2) is 9.99 Å². The van der Waals surface area contributed by atoms with Crippen molar-refractivity contribution in [1.29, 1.82) is 0 Å². The summed E-state index contributed by atoms with van der Waals surface area (Å²) >= 11 is 11.4. The van der Waals surface area contributed by atoms with E-state index in [9.17, 15) is 9.59 Å². The molecule has 1 aromatic heterocycles. The average molecular weight is 577 g/mol. The van der Waals surface area contributed by atoms with Crippen LogP contribution in [0.25, 0.3) is 0 Å². The van der Waals surface area contributed by atoms with E-state index in [4.69, 9.17) is 11.6 Å². The van der Waals surface area contributed by atoms with E-state index in [-0.39, 0.29) is 17.9 Å². The molecule has 2 amide bonds. The van der Waals surface area contributed by atoms with Crippen LogP contribution in [0.2, 0.25) is 5.02 Å². The minimum atomic E-state index is -0.388. The molecule has 0 radical (unpaired) electrons. The summed E-state index contributed by atoms with van der Waals surface area (Å²) < 4.78 is 0.774. The molecule has 3 N–H and O–H groups in total. The monoisotopic (exact) mass is 575 g/mol. The lowest BCUT2D eigenvalue weighted by Gasteiger charge is -2.24. The van der Waals surface area contributed by atoms with Gasteiger partial charge in [-0.05, 0) is 67.3 Å². The van der Waals surface area contributed by atoms with E-state index in [1.807, 2.05) is 24.7 Å². The molecule has 1 aromatic carbocycles. The van der Waals surface area contributed by atoms with Gasteiger partial charge in [-0.15, -0.1) is 11.8 Å². The van der Waals surface area contributed by atoms with E-state index in [0.29, 0.717) is 27.8 Å². The standard InChI is InChI=1S/C25H27BrClN5O2S/c1-15-11-16(26)12-19(24(33)29-17-7-4-3-5-8-17)22(15)30-25(34)21-13-18(14-35-2)31-32(21)23-20(27)9-6-10-28-23/h6,9-14,17,31H,3-5,7-8H2,1-2H3,(H,29,33)(H,30,34). The van der Waals surface area contributed by atoms with Crippen LogP contribution in [0.1, 0.15) is 48.0 Å². The van der Waals surface area contributed by atoms with Crippen molar-refractivity contribution in [1.82, 2.24) is 15.7 Å². The summed E-state index contributed by atoms with van der Waals surface area (Å²) in [7, 11) is 0. The highest BCUT2D eigenvalue weighted by atomic mass is 79.9. The molecule has 4 rings (SSSR count). The maximum Gasteiger partial charge on any atom is 0.274 e. The molecule has 2 aromatic rings. The van der Waals surface area contributed by atoms with Gasteiger partial charge >= 0.3 is 0 Å². The molecule has 7 nitrogen and oxygen atoms in total. The quantitative estimate of drug-likeness (QED) is 0.396. The van der Waals surface area contributed by atoms with E-state index in [2.05, 4.69) is 37.0 Å². The Labute approximate surface area is 222 Å². The predicted molar refractivity (Wildman–Crippen MR) is 146 cm³/mol. The van der Waals surface area contributed by atoms with Crippen LogP contribution in [0.5, 0.6) is 0 Å². The van der Waals surface area contributed by atoms with E-state index in [1.165, 1.54) is 18.2 Å². The number of benzene rings is 1. The normalized spacial score (nSPS) is 17.2. The van der Waals surface area contributed by atoms with E-state index < -0.39 is 0 Å². The van der Waals surface area contributed by atoms with Crippen LogP contribution < -0.4 is 21.1 Å². The second kappa shape index (κ2) is 11.5. The zero-order valence-corrected chi connectivity index (χ0v) is 22.7. The molecule has 1 fully saturated rings. The molecule has 0 saturated heterocycles.